The van der Waals surface area contributed by atoms with Crippen LogP contribution in [0.2, 0.25) is 10.0 Å². The average molecular weight is 724 g/mol. The normalized spacial score (nSPS) is 20.0. The van der Waals surface area contributed by atoms with Gasteiger partial charge >= 0.3 is 5.69 Å². The van der Waals surface area contributed by atoms with E-state index in [4.69, 9.17) is 37.4 Å². The van der Waals surface area contributed by atoms with Gasteiger partial charge in [-0.1, -0.05) is 36.2 Å². The van der Waals surface area contributed by atoms with E-state index in [2.05, 4.69) is 20.1 Å². The summed E-state index contributed by atoms with van der Waals surface area (Å²) < 4.78 is 38.6. The predicted molar refractivity (Wildman–Crippen MR) is 188 cm³/mol. The van der Waals surface area contributed by atoms with E-state index in [0.29, 0.717) is 52.4 Å². The number of piperazine rings is 1. The lowest BCUT2D eigenvalue weighted by Crippen LogP contribution is -2.46. The van der Waals surface area contributed by atoms with Crippen molar-refractivity contribution in [3.05, 3.63) is 112 Å². The molecule has 0 spiro atoms. The molecule has 0 aliphatic carbocycles. The van der Waals surface area contributed by atoms with E-state index in [9.17, 15) is 4.79 Å². The second-order valence-corrected chi connectivity index (χ2v) is 13.3. The van der Waals surface area contributed by atoms with Gasteiger partial charge in [0.15, 0.2) is 0 Å². The summed E-state index contributed by atoms with van der Waals surface area (Å²) in [7, 11) is 0. The zero-order chi connectivity index (χ0) is 34.8. The number of rotatable bonds is 11. The summed E-state index contributed by atoms with van der Waals surface area (Å²) in [4.78, 5) is 21.1. The number of benzene rings is 3. The third kappa shape index (κ3) is 6.95. The summed E-state index contributed by atoms with van der Waals surface area (Å²) in [6.45, 7) is 7.46. The number of hydrogen-bond acceptors (Lipinski definition) is 9. The minimum atomic E-state index is -1.18. The Hall–Kier alpha value is -4.43. The molecule has 12 nitrogen and oxygen atoms in total. The molecule has 3 atom stereocenters. The van der Waals surface area contributed by atoms with Crippen molar-refractivity contribution in [2.75, 3.05) is 49.2 Å². The van der Waals surface area contributed by atoms with Gasteiger partial charge in [-0.15, -0.1) is 0 Å². The molecule has 2 fully saturated rings. The maximum Gasteiger partial charge on any atom is 0.350 e. The SMILES string of the molecule is CC[C@@H](C)n1ncn(-c2ccc(N3CCN(c4ccc(OC[C@@H]5CO[C@@](Cn6cncn6)(c6ccc(Cl)cc6Cl)O5)cc4)CC3)c(F)c2)c1=O. The Morgan fingerprint density at radius 2 is 1.74 bits per heavy atom. The van der Waals surface area contributed by atoms with E-state index in [1.54, 1.807) is 41.3 Å². The fraction of sp³-hybridized carbons (Fsp3) is 0.371. The third-order valence-corrected chi connectivity index (χ3v) is 9.75. The molecule has 3 aromatic carbocycles. The van der Waals surface area contributed by atoms with E-state index in [-0.39, 0.29) is 36.8 Å². The highest BCUT2D eigenvalue weighted by Crippen LogP contribution is 2.40. The minimum absolute atomic E-state index is 0.0329. The largest absolute Gasteiger partial charge is 0.491 e. The Kier molecular flexibility index (Phi) is 9.82. The molecule has 2 aromatic heterocycles. The van der Waals surface area contributed by atoms with Crippen molar-refractivity contribution in [3.8, 4) is 11.4 Å². The highest BCUT2D eigenvalue weighted by atomic mass is 35.5. The molecular formula is C35H37Cl2FN8O4. The maximum atomic E-state index is 15.3. The molecule has 50 heavy (non-hydrogen) atoms. The summed E-state index contributed by atoms with van der Waals surface area (Å²) in [5, 5.41) is 9.37. The molecule has 0 bridgehead atoms. The molecule has 0 radical (unpaired) electrons. The van der Waals surface area contributed by atoms with Gasteiger partial charge in [0.05, 0.1) is 29.0 Å². The van der Waals surface area contributed by atoms with Gasteiger partial charge in [0, 0.05) is 48.5 Å². The van der Waals surface area contributed by atoms with Crippen molar-refractivity contribution in [1.82, 2.24) is 29.1 Å². The van der Waals surface area contributed by atoms with E-state index >= 15 is 4.39 Å². The molecule has 0 amide bonds. The van der Waals surface area contributed by atoms with Crippen LogP contribution in [-0.2, 0) is 21.8 Å². The molecule has 262 valence electrons. The topological polar surface area (TPSA) is 105 Å². The molecular weight excluding hydrogens is 686 g/mol. The van der Waals surface area contributed by atoms with Gasteiger partial charge in [-0.2, -0.15) is 10.2 Å². The highest BCUT2D eigenvalue weighted by Gasteiger charge is 2.45. The summed E-state index contributed by atoms with van der Waals surface area (Å²) in [6, 6.07) is 18.0. The highest BCUT2D eigenvalue weighted by molar-refractivity contribution is 6.35. The standard InChI is InChI=1S/C35H37Cl2FN8O4/c1-3-24(2)46-34(47)45(23-41-46)27-7-11-33(32(38)17-27)43-14-12-42(13-15-43)26-5-8-28(9-6-26)48-18-29-19-49-35(50-29,20-44-22-39-21-40-44)30-10-4-25(36)16-31(30)37/h4-11,16-17,21-24,29H,3,12-15,18-20H2,1-2H3/t24-,29-,35-/m1/s1. The van der Waals surface area contributed by atoms with Crippen molar-refractivity contribution in [2.45, 2.75) is 44.7 Å². The summed E-state index contributed by atoms with van der Waals surface area (Å²) in [6.07, 6.45) is 4.90. The van der Waals surface area contributed by atoms with Gasteiger partial charge < -0.3 is 24.0 Å². The van der Waals surface area contributed by atoms with Gasteiger partial charge in [0.25, 0.3) is 0 Å². The Morgan fingerprint density at radius 1 is 0.980 bits per heavy atom. The van der Waals surface area contributed by atoms with Gasteiger partial charge in [0.2, 0.25) is 5.79 Å². The van der Waals surface area contributed by atoms with Crippen LogP contribution in [0, 0.1) is 5.82 Å². The number of aromatic nitrogens is 6. The lowest BCUT2D eigenvalue weighted by Gasteiger charge is -2.37. The Balaban J connectivity index is 0.939. The van der Waals surface area contributed by atoms with Crippen LogP contribution in [0.15, 0.2) is 84.4 Å². The fourth-order valence-corrected chi connectivity index (χ4v) is 6.85. The summed E-state index contributed by atoms with van der Waals surface area (Å²) in [5.74, 6) is -0.855. The Morgan fingerprint density at radius 3 is 2.44 bits per heavy atom. The fourth-order valence-electron chi connectivity index (χ4n) is 6.30. The van der Waals surface area contributed by atoms with E-state index < -0.39 is 5.79 Å². The maximum absolute atomic E-state index is 15.3. The number of ether oxygens (including phenoxy) is 3. The monoisotopic (exact) mass is 722 g/mol. The molecule has 7 rings (SSSR count). The van der Waals surface area contributed by atoms with Gasteiger partial charge in [-0.05, 0) is 61.9 Å². The number of anilines is 2. The van der Waals surface area contributed by atoms with E-state index in [1.165, 1.54) is 28.0 Å². The van der Waals surface area contributed by atoms with Crippen LogP contribution in [-0.4, -0.2) is 74.6 Å². The molecule has 2 saturated heterocycles. The number of halogens is 3. The van der Waals surface area contributed by atoms with Crippen molar-refractivity contribution >= 4 is 34.6 Å². The lowest BCUT2D eigenvalue weighted by molar-refractivity contribution is -0.190. The first-order chi connectivity index (χ1) is 24.2. The zero-order valence-corrected chi connectivity index (χ0v) is 29.2. The quantitative estimate of drug-likeness (QED) is 0.169. The van der Waals surface area contributed by atoms with Crippen molar-refractivity contribution < 1.29 is 18.6 Å². The second kappa shape index (κ2) is 14.4. The zero-order valence-electron chi connectivity index (χ0n) is 27.7. The first kappa shape index (κ1) is 34.0. The molecule has 5 aromatic rings. The van der Waals surface area contributed by atoms with Crippen LogP contribution in [0.1, 0.15) is 31.9 Å². The average Bonchev–Trinajstić information content (AvgIpc) is 3.88. The van der Waals surface area contributed by atoms with Crippen LogP contribution in [0.4, 0.5) is 15.8 Å². The van der Waals surface area contributed by atoms with Gasteiger partial charge in [0.1, 0.15) is 49.8 Å². The molecule has 0 unspecified atom stereocenters. The molecule has 4 heterocycles. The summed E-state index contributed by atoms with van der Waals surface area (Å²) in [5.41, 5.74) is 2.39. The lowest BCUT2D eigenvalue weighted by atomic mass is 10.1. The smallest absolute Gasteiger partial charge is 0.350 e. The minimum Gasteiger partial charge on any atom is -0.491 e. The Labute approximate surface area is 298 Å². The van der Waals surface area contributed by atoms with Gasteiger partial charge in [-0.25, -0.2) is 28.1 Å². The molecule has 2 aliphatic rings. The second-order valence-electron chi connectivity index (χ2n) is 12.4. The van der Waals surface area contributed by atoms with Crippen LogP contribution >= 0.6 is 23.2 Å². The first-order valence-electron chi connectivity index (χ1n) is 16.5. The third-order valence-electron chi connectivity index (χ3n) is 9.21. The van der Waals surface area contributed by atoms with Crippen LogP contribution < -0.4 is 20.2 Å². The van der Waals surface area contributed by atoms with E-state index in [1.807, 2.05) is 43.0 Å². The van der Waals surface area contributed by atoms with E-state index in [0.717, 1.165) is 25.2 Å². The molecule has 15 heteroatoms. The van der Waals surface area contributed by atoms with Crippen molar-refractivity contribution in [1.29, 1.82) is 0 Å². The van der Waals surface area contributed by atoms with Crippen LogP contribution in [0.5, 0.6) is 5.75 Å². The number of hydrogen-bond donors (Lipinski definition) is 0. The number of nitrogens with zero attached hydrogens (tertiary/aromatic N) is 8. The van der Waals surface area contributed by atoms with Crippen molar-refractivity contribution in [3.63, 3.8) is 0 Å². The molecule has 2 aliphatic heterocycles. The van der Waals surface area contributed by atoms with Crippen LogP contribution in [0.25, 0.3) is 5.69 Å². The predicted octanol–water partition coefficient (Wildman–Crippen LogP) is 5.72. The molecule has 0 N–H and O–H groups in total. The summed E-state index contributed by atoms with van der Waals surface area (Å²) >= 11 is 12.7. The Bertz CT molecular complexity index is 1980. The van der Waals surface area contributed by atoms with Gasteiger partial charge in [-0.3, -0.25) is 0 Å². The van der Waals surface area contributed by atoms with Crippen molar-refractivity contribution in [2.24, 2.45) is 0 Å². The first-order valence-corrected chi connectivity index (χ1v) is 17.3. The van der Waals surface area contributed by atoms with Crippen LogP contribution in [0.3, 0.4) is 0 Å². The molecule has 0 saturated carbocycles.